The van der Waals surface area contributed by atoms with Crippen LogP contribution < -0.4 is 5.32 Å². The van der Waals surface area contributed by atoms with Crippen molar-refractivity contribution < 1.29 is 14.7 Å². The first kappa shape index (κ1) is 14.1. The average molecular weight is 287 g/mol. The Morgan fingerprint density at radius 3 is 2.57 bits per heavy atom. The topological polar surface area (TPSA) is 66.4 Å². The maximum absolute atomic E-state index is 12.4. The molecular weight excluding hydrogens is 266 g/mol. The predicted octanol–water partition coefficient (Wildman–Crippen LogP) is 2.67. The summed E-state index contributed by atoms with van der Waals surface area (Å²) in [4.78, 5) is 23.5. The highest BCUT2D eigenvalue weighted by Crippen LogP contribution is 2.57. The Kier molecular flexibility index (Phi) is 3.70. The van der Waals surface area contributed by atoms with Crippen molar-refractivity contribution in [1.82, 2.24) is 5.32 Å². The van der Waals surface area contributed by atoms with E-state index >= 15 is 0 Å². The Morgan fingerprint density at radius 1 is 1.29 bits per heavy atom. The molecule has 0 bridgehead atoms. The standard InChI is InChI=1S/C17H21NO3/c1-10-5-2-3-6-11(10)14(9-15(19)20)18-17(21)16-12-7-4-8-13(12)16/h2-3,5-6,12-14,16H,4,7-9H2,1H3,(H,18,21)(H,19,20). The first-order valence-electron chi connectivity index (χ1n) is 7.65. The lowest BCUT2D eigenvalue weighted by molar-refractivity contribution is -0.137. The molecule has 4 heteroatoms. The van der Waals surface area contributed by atoms with Gasteiger partial charge < -0.3 is 10.4 Å². The Balaban J connectivity index is 1.72. The number of aliphatic carboxylic acids is 1. The lowest BCUT2D eigenvalue weighted by atomic mass is 9.98. The van der Waals surface area contributed by atoms with Gasteiger partial charge >= 0.3 is 5.97 Å². The highest BCUT2D eigenvalue weighted by atomic mass is 16.4. The second kappa shape index (κ2) is 5.51. The van der Waals surface area contributed by atoms with Crippen molar-refractivity contribution in [2.45, 2.75) is 38.6 Å². The molecule has 2 aliphatic rings. The van der Waals surface area contributed by atoms with Gasteiger partial charge in [-0.1, -0.05) is 30.7 Å². The summed E-state index contributed by atoms with van der Waals surface area (Å²) in [5.41, 5.74) is 1.92. The van der Waals surface area contributed by atoms with E-state index in [1.165, 1.54) is 6.42 Å². The van der Waals surface area contributed by atoms with Crippen LogP contribution in [-0.4, -0.2) is 17.0 Å². The molecule has 0 aromatic heterocycles. The van der Waals surface area contributed by atoms with Crippen molar-refractivity contribution in [1.29, 1.82) is 0 Å². The van der Waals surface area contributed by atoms with Crippen LogP contribution in [-0.2, 0) is 9.59 Å². The van der Waals surface area contributed by atoms with Crippen LogP contribution in [0.15, 0.2) is 24.3 Å². The van der Waals surface area contributed by atoms with Gasteiger partial charge in [0.25, 0.3) is 0 Å². The minimum Gasteiger partial charge on any atom is -0.481 e. The lowest BCUT2D eigenvalue weighted by Gasteiger charge is -2.20. The highest BCUT2D eigenvalue weighted by Gasteiger charge is 2.56. The average Bonchev–Trinajstić information content (AvgIpc) is 2.92. The molecule has 0 radical (unpaired) electrons. The van der Waals surface area contributed by atoms with Crippen LogP contribution in [0, 0.1) is 24.7 Å². The van der Waals surface area contributed by atoms with E-state index in [0.717, 1.165) is 24.0 Å². The fourth-order valence-electron chi connectivity index (χ4n) is 3.87. The fraction of sp³-hybridized carbons (Fsp3) is 0.529. The fourth-order valence-corrected chi connectivity index (χ4v) is 3.87. The van der Waals surface area contributed by atoms with Gasteiger partial charge in [0.15, 0.2) is 0 Å². The first-order chi connectivity index (χ1) is 10.1. The number of benzene rings is 1. The zero-order valence-corrected chi connectivity index (χ0v) is 12.2. The second-order valence-corrected chi connectivity index (χ2v) is 6.30. The quantitative estimate of drug-likeness (QED) is 0.875. The molecular formula is C17H21NO3. The third-order valence-corrected chi connectivity index (χ3v) is 4.97. The van der Waals surface area contributed by atoms with Gasteiger partial charge in [0, 0.05) is 5.92 Å². The van der Waals surface area contributed by atoms with Crippen LogP contribution in [0.25, 0.3) is 0 Å². The smallest absolute Gasteiger partial charge is 0.305 e. The summed E-state index contributed by atoms with van der Waals surface area (Å²) >= 11 is 0. The van der Waals surface area contributed by atoms with Gasteiger partial charge in [0.1, 0.15) is 0 Å². The molecule has 0 spiro atoms. The molecule has 1 aromatic rings. The molecule has 2 aliphatic carbocycles. The number of nitrogens with one attached hydrogen (secondary N) is 1. The lowest BCUT2D eigenvalue weighted by Crippen LogP contribution is -2.32. The van der Waals surface area contributed by atoms with Crippen LogP contribution >= 0.6 is 0 Å². The molecule has 1 aromatic carbocycles. The number of rotatable bonds is 5. The minimum atomic E-state index is -0.889. The highest BCUT2D eigenvalue weighted by molar-refractivity contribution is 5.83. The summed E-state index contributed by atoms with van der Waals surface area (Å²) in [6.07, 6.45) is 3.46. The molecule has 4 nitrogen and oxygen atoms in total. The number of carboxylic acid groups (broad SMARTS) is 1. The molecule has 21 heavy (non-hydrogen) atoms. The normalized spacial score (nSPS) is 27.8. The van der Waals surface area contributed by atoms with E-state index < -0.39 is 12.0 Å². The third-order valence-electron chi connectivity index (χ3n) is 4.97. The first-order valence-corrected chi connectivity index (χ1v) is 7.65. The second-order valence-electron chi connectivity index (χ2n) is 6.30. The van der Waals surface area contributed by atoms with Gasteiger partial charge in [0.05, 0.1) is 12.5 Å². The zero-order chi connectivity index (χ0) is 15.0. The number of amides is 1. The van der Waals surface area contributed by atoms with Crippen LogP contribution in [0.2, 0.25) is 0 Å². The Morgan fingerprint density at radius 2 is 1.95 bits per heavy atom. The molecule has 3 atom stereocenters. The van der Waals surface area contributed by atoms with Crippen molar-refractivity contribution in [2.24, 2.45) is 17.8 Å². The van der Waals surface area contributed by atoms with E-state index in [9.17, 15) is 9.59 Å². The van der Waals surface area contributed by atoms with Crippen molar-refractivity contribution >= 4 is 11.9 Å². The maximum Gasteiger partial charge on any atom is 0.305 e. The molecule has 2 N–H and O–H groups in total. The Bertz CT molecular complexity index is 559. The van der Waals surface area contributed by atoms with Gasteiger partial charge in [-0.15, -0.1) is 0 Å². The molecule has 3 rings (SSSR count). The van der Waals surface area contributed by atoms with E-state index in [0.29, 0.717) is 11.8 Å². The van der Waals surface area contributed by atoms with Gasteiger partial charge in [0.2, 0.25) is 5.91 Å². The zero-order valence-electron chi connectivity index (χ0n) is 12.2. The van der Waals surface area contributed by atoms with Crippen molar-refractivity contribution in [3.05, 3.63) is 35.4 Å². The summed E-state index contributed by atoms with van der Waals surface area (Å²) in [5.74, 6) is 0.373. The maximum atomic E-state index is 12.4. The molecule has 1 amide bonds. The van der Waals surface area contributed by atoms with E-state index in [1.54, 1.807) is 0 Å². The van der Waals surface area contributed by atoms with Crippen LogP contribution in [0.5, 0.6) is 0 Å². The van der Waals surface area contributed by atoms with Crippen molar-refractivity contribution in [3.8, 4) is 0 Å². The summed E-state index contributed by atoms with van der Waals surface area (Å²) in [6, 6.07) is 7.22. The van der Waals surface area contributed by atoms with E-state index in [-0.39, 0.29) is 18.2 Å². The van der Waals surface area contributed by atoms with Gasteiger partial charge in [-0.05, 0) is 42.7 Å². The predicted molar refractivity (Wildman–Crippen MR) is 78.6 cm³/mol. The number of hydrogen-bond donors (Lipinski definition) is 2. The SMILES string of the molecule is Cc1ccccc1C(CC(=O)O)NC(=O)C1C2CCCC21. The van der Waals surface area contributed by atoms with Crippen molar-refractivity contribution in [3.63, 3.8) is 0 Å². The summed E-state index contributed by atoms with van der Waals surface area (Å²) in [6.45, 7) is 1.95. The Hall–Kier alpha value is -1.84. The van der Waals surface area contributed by atoms with Crippen LogP contribution in [0.1, 0.15) is 42.9 Å². The molecule has 112 valence electrons. The van der Waals surface area contributed by atoms with Gasteiger partial charge in [-0.25, -0.2) is 0 Å². The molecule has 3 unspecified atom stereocenters. The van der Waals surface area contributed by atoms with E-state index in [4.69, 9.17) is 5.11 Å². The number of carbonyl (C=O) groups is 2. The molecule has 0 aliphatic heterocycles. The van der Waals surface area contributed by atoms with E-state index in [2.05, 4.69) is 5.32 Å². The van der Waals surface area contributed by atoms with Crippen molar-refractivity contribution in [2.75, 3.05) is 0 Å². The third kappa shape index (κ3) is 2.80. The monoisotopic (exact) mass is 287 g/mol. The van der Waals surface area contributed by atoms with E-state index in [1.807, 2.05) is 31.2 Å². The minimum absolute atomic E-state index is 0.0409. The number of hydrogen-bond acceptors (Lipinski definition) is 2. The largest absolute Gasteiger partial charge is 0.481 e. The number of aryl methyl sites for hydroxylation is 1. The van der Waals surface area contributed by atoms with Crippen LogP contribution in [0.3, 0.4) is 0 Å². The number of fused-ring (bicyclic) bond motifs is 1. The summed E-state index contributed by atoms with van der Waals surface area (Å²) in [7, 11) is 0. The van der Waals surface area contributed by atoms with Gasteiger partial charge in [-0.2, -0.15) is 0 Å². The van der Waals surface area contributed by atoms with Crippen LogP contribution in [0.4, 0.5) is 0 Å². The molecule has 2 saturated carbocycles. The summed E-state index contributed by atoms with van der Waals surface area (Å²) in [5, 5.41) is 12.1. The molecule has 2 fully saturated rings. The number of carbonyl (C=O) groups excluding carboxylic acids is 1. The molecule has 0 saturated heterocycles. The number of carboxylic acids is 1. The van der Waals surface area contributed by atoms with Gasteiger partial charge in [-0.3, -0.25) is 9.59 Å². The summed E-state index contributed by atoms with van der Waals surface area (Å²) < 4.78 is 0. The Labute approximate surface area is 124 Å². The molecule has 0 heterocycles.